The van der Waals surface area contributed by atoms with Gasteiger partial charge in [0, 0.05) is 0 Å². The molecule has 1 aliphatic heterocycles. The predicted molar refractivity (Wildman–Crippen MR) is 134 cm³/mol. The van der Waals surface area contributed by atoms with Crippen LogP contribution in [-0.2, 0) is 14.3 Å². The molecule has 1 aliphatic carbocycles. The molecule has 0 aromatic heterocycles. The molecule has 1 fully saturated rings. The van der Waals surface area contributed by atoms with Crippen molar-refractivity contribution in [3.63, 3.8) is 0 Å². The van der Waals surface area contributed by atoms with E-state index in [-0.39, 0.29) is 17.5 Å². The molecule has 1 heterocycles. The Labute approximate surface area is 194 Å². The molecule has 0 spiro atoms. The third-order valence-electron chi connectivity index (χ3n) is 6.93. The van der Waals surface area contributed by atoms with Crippen molar-refractivity contribution in [1.82, 2.24) is 0 Å². The van der Waals surface area contributed by atoms with Gasteiger partial charge in [-0.25, -0.2) is 0 Å². The van der Waals surface area contributed by atoms with Crippen LogP contribution in [0.5, 0.6) is 0 Å². The van der Waals surface area contributed by atoms with Crippen molar-refractivity contribution in [2.24, 2.45) is 34.5 Å². The molecule has 0 radical (unpaired) electrons. The van der Waals surface area contributed by atoms with E-state index in [2.05, 4.69) is 46.8 Å². The summed E-state index contributed by atoms with van der Waals surface area (Å²) in [4.78, 5) is 12.6. The van der Waals surface area contributed by atoms with Crippen LogP contribution in [0, 0.1) is 34.5 Å². The topological polar surface area (TPSA) is 38.8 Å². The minimum atomic E-state index is -0.479. The van der Waals surface area contributed by atoms with Crippen LogP contribution in [-0.4, -0.2) is 25.3 Å². The first-order chi connectivity index (χ1) is 14.6. The second-order valence-electron chi connectivity index (χ2n) is 10.4. The second kappa shape index (κ2) is 14.3. The zero-order valence-corrected chi connectivity index (χ0v) is 22.7. The monoisotopic (exact) mass is 438 g/mol. The van der Waals surface area contributed by atoms with Gasteiger partial charge < -0.3 is 9.47 Å². The molecule has 0 saturated carbocycles. The van der Waals surface area contributed by atoms with Gasteiger partial charge in [-0.05, 0) is 55.8 Å². The van der Waals surface area contributed by atoms with Crippen molar-refractivity contribution in [1.29, 1.82) is 0 Å². The first kappa shape index (κ1) is 30.2. The molecule has 0 N–H and O–H groups in total. The number of carbonyl (C=O) groups excluding carboxylic acids is 1. The van der Waals surface area contributed by atoms with Crippen LogP contribution in [0.1, 0.15) is 108 Å². The maximum Gasteiger partial charge on any atom is 0.311 e. The van der Waals surface area contributed by atoms with E-state index >= 15 is 0 Å². The highest BCUT2D eigenvalue weighted by atomic mass is 16.6. The van der Waals surface area contributed by atoms with Crippen molar-refractivity contribution in [2.75, 3.05) is 13.2 Å². The second-order valence-corrected chi connectivity index (χ2v) is 10.4. The van der Waals surface area contributed by atoms with Gasteiger partial charge in [0.2, 0.25) is 0 Å². The molecule has 3 heteroatoms. The number of ether oxygens (including phenoxy) is 2. The third kappa shape index (κ3) is 9.68. The molecule has 0 bridgehead atoms. The van der Waals surface area contributed by atoms with Crippen LogP contribution < -0.4 is 0 Å². The number of hydrogen-bond acceptors (Lipinski definition) is 3. The molecule has 0 aromatic rings. The normalized spacial score (nSPS) is 27.4. The Kier molecular flexibility index (Phi) is 14.0. The quantitative estimate of drug-likeness (QED) is 0.150. The van der Waals surface area contributed by atoms with E-state index in [4.69, 9.17) is 9.47 Å². The van der Waals surface area contributed by atoms with E-state index in [1.807, 2.05) is 41.5 Å². The molecule has 3 nitrogen and oxygen atoms in total. The Morgan fingerprint density at radius 1 is 1.00 bits per heavy atom. The molecule has 1 saturated heterocycles. The summed E-state index contributed by atoms with van der Waals surface area (Å²) < 4.78 is 10.7. The fourth-order valence-corrected chi connectivity index (χ4v) is 5.15. The lowest BCUT2D eigenvalue weighted by atomic mass is 9.59. The van der Waals surface area contributed by atoms with E-state index in [1.54, 1.807) is 0 Å². The van der Waals surface area contributed by atoms with Crippen LogP contribution in [0.3, 0.4) is 0 Å². The number of allylic oxidation sites excluding steroid dienone is 2. The van der Waals surface area contributed by atoms with Crippen molar-refractivity contribution < 1.29 is 14.3 Å². The van der Waals surface area contributed by atoms with Gasteiger partial charge in [0.1, 0.15) is 12.7 Å². The summed E-state index contributed by atoms with van der Waals surface area (Å²) >= 11 is 0. The largest absolute Gasteiger partial charge is 0.462 e. The van der Waals surface area contributed by atoms with Gasteiger partial charge in [-0.3, -0.25) is 4.79 Å². The lowest BCUT2D eigenvalue weighted by molar-refractivity contribution is -0.156. The Hall–Kier alpha value is -0.830. The number of carbonyl (C=O) groups is 1. The van der Waals surface area contributed by atoms with Gasteiger partial charge in [-0.1, -0.05) is 93.7 Å². The SMILES string of the molecule is CC.CC.CCCCCC1C=CC(C(C)(C)CC(C)(C)C(=O)OCC2CO2)C(C)C1C. The molecular formula is C28H54O3. The average molecular weight is 439 g/mol. The standard InChI is InChI=1S/C24H42O3.2C2H6/c1-8-9-10-11-19-12-13-21(18(3)17(19)2)23(4,5)16-24(6,7)22(25)27-15-20-14-26-20;2*1-2/h12-13,17-21H,8-11,14-16H2,1-7H3;2*1-2H3. The first-order valence-electron chi connectivity index (χ1n) is 13.1. The molecule has 0 amide bonds. The van der Waals surface area contributed by atoms with Crippen LogP contribution in [0.2, 0.25) is 0 Å². The molecule has 2 rings (SSSR count). The molecular weight excluding hydrogens is 384 g/mol. The van der Waals surface area contributed by atoms with Crippen LogP contribution in [0.15, 0.2) is 12.2 Å². The fraction of sp³-hybridized carbons (Fsp3) is 0.893. The van der Waals surface area contributed by atoms with E-state index in [1.165, 1.54) is 25.7 Å². The summed E-state index contributed by atoms with van der Waals surface area (Å²) in [7, 11) is 0. The number of rotatable bonds is 10. The summed E-state index contributed by atoms with van der Waals surface area (Å²) in [6, 6.07) is 0. The highest BCUT2D eigenvalue weighted by Crippen LogP contribution is 2.49. The van der Waals surface area contributed by atoms with Crippen LogP contribution >= 0.6 is 0 Å². The van der Waals surface area contributed by atoms with E-state index < -0.39 is 5.41 Å². The lowest BCUT2D eigenvalue weighted by Crippen LogP contribution is -2.41. The number of epoxide rings is 1. The minimum absolute atomic E-state index is 0.0527. The summed E-state index contributed by atoms with van der Waals surface area (Å²) in [6.07, 6.45) is 11.2. The number of hydrogen-bond donors (Lipinski definition) is 0. The van der Waals surface area contributed by atoms with Crippen LogP contribution in [0.4, 0.5) is 0 Å². The van der Waals surface area contributed by atoms with Crippen LogP contribution in [0.25, 0.3) is 0 Å². The van der Waals surface area contributed by atoms with Crippen molar-refractivity contribution in [3.8, 4) is 0 Å². The average Bonchev–Trinajstić information content (AvgIpc) is 3.56. The minimum Gasteiger partial charge on any atom is -0.462 e. The van der Waals surface area contributed by atoms with Gasteiger partial charge in [-0.15, -0.1) is 0 Å². The molecule has 31 heavy (non-hydrogen) atoms. The predicted octanol–water partition coefficient (Wildman–Crippen LogP) is 8.08. The molecule has 2 aliphatic rings. The summed E-state index contributed by atoms with van der Waals surface area (Å²) in [6.45, 7) is 24.9. The molecule has 5 unspecified atom stereocenters. The van der Waals surface area contributed by atoms with Gasteiger partial charge in [-0.2, -0.15) is 0 Å². The highest BCUT2D eigenvalue weighted by Gasteiger charge is 2.44. The van der Waals surface area contributed by atoms with E-state index in [9.17, 15) is 4.79 Å². The molecule has 5 atom stereocenters. The Morgan fingerprint density at radius 2 is 1.58 bits per heavy atom. The molecule has 184 valence electrons. The molecule has 0 aromatic carbocycles. The zero-order valence-electron chi connectivity index (χ0n) is 22.7. The Balaban J connectivity index is 0.00000212. The maximum atomic E-state index is 12.6. The summed E-state index contributed by atoms with van der Waals surface area (Å²) in [5, 5.41) is 0. The van der Waals surface area contributed by atoms with E-state index in [0.717, 1.165) is 13.0 Å². The van der Waals surface area contributed by atoms with Gasteiger partial charge >= 0.3 is 5.97 Å². The number of esters is 1. The van der Waals surface area contributed by atoms with E-state index in [0.29, 0.717) is 30.3 Å². The van der Waals surface area contributed by atoms with Crippen molar-refractivity contribution in [3.05, 3.63) is 12.2 Å². The van der Waals surface area contributed by atoms with Crippen molar-refractivity contribution in [2.45, 2.75) is 114 Å². The van der Waals surface area contributed by atoms with Crippen molar-refractivity contribution >= 4 is 5.97 Å². The van der Waals surface area contributed by atoms with Gasteiger partial charge in [0.05, 0.1) is 12.0 Å². The smallest absolute Gasteiger partial charge is 0.311 e. The van der Waals surface area contributed by atoms with Gasteiger partial charge in [0.25, 0.3) is 0 Å². The first-order valence-corrected chi connectivity index (χ1v) is 13.1. The Bertz CT molecular complexity index is 516. The highest BCUT2D eigenvalue weighted by molar-refractivity contribution is 5.76. The third-order valence-corrected chi connectivity index (χ3v) is 6.93. The van der Waals surface area contributed by atoms with Gasteiger partial charge in [0.15, 0.2) is 0 Å². The Morgan fingerprint density at radius 3 is 2.10 bits per heavy atom. The summed E-state index contributed by atoms with van der Waals surface area (Å²) in [5.74, 6) is 2.43. The maximum absolute atomic E-state index is 12.6. The lowest BCUT2D eigenvalue weighted by Gasteiger charge is -2.46. The fourth-order valence-electron chi connectivity index (χ4n) is 5.15. The number of unbranched alkanes of at least 4 members (excludes halogenated alkanes) is 2. The summed E-state index contributed by atoms with van der Waals surface area (Å²) in [5.41, 5.74) is -0.426. The zero-order chi connectivity index (χ0) is 24.2.